The van der Waals surface area contributed by atoms with Gasteiger partial charge in [-0.2, -0.15) is 4.31 Å². The van der Waals surface area contributed by atoms with Crippen LogP contribution in [0.3, 0.4) is 0 Å². The summed E-state index contributed by atoms with van der Waals surface area (Å²) in [5.74, 6) is 1.19. The number of ether oxygens (including phenoxy) is 1. The smallest absolute Gasteiger partial charge is 0.243 e. The first-order valence-corrected chi connectivity index (χ1v) is 12.2. The summed E-state index contributed by atoms with van der Waals surface area (Å²) in [5.41, 5.74) is 0. The summed E-state index contributed by atoms with van der Waals surface area (Å²) in [7, 11) is -5.45. The van der Waals surface area contributed by atoms with Gasteiger partial charge in [-0.25, -0.2) is 16.8 Å². The Kier molecular flexibility index (Phi) is 4.53. The quantitative estimate of drug-likeness (QED) is 0.719. The number of sulfone groups is 1. The van der Waals surface area contributed by atoms with Crippen LogP contribution < -0.4 is 4.74 Å². The van der Waals surface area contributed by atoms with Crippen LogP contribution in [0.25, 0.3) is 0 Å². The standard InChI is InChI=1S/C17H24N2O5S2/c1-24-14-4-6-15(7-5-14)26(22,23)19-9-8-18(10-13-2-3-13)16-11-25(20,21)12-17(16)19/h4-7,13,16-17H,2-3,8-12H2,1H3. The molecule has 0 bridgehead atoms. The number of piperazine rings is 1. The van der Waals surface area contributed by atoms with Crippen molar-refractivity contribution in [2.24, 2.45) is 5.92 Å². The van der Waals surface area contributed by atoms with Crippen LogP contribution in [0.5, 0.6) is 5.75 Å². The molecule has 7 nitrogen and oxygen atoms in total. The van der Waals surface area contributed by atoms with Crippen molar-refractivity contribution in [3.63, 3.8) is 0 Å². The van der Waals surface area contributed by atoms with E-state index in [1.165, 1.54) is 36.4 Å². The van der Waals surface area contributed by atoms with E-state index in [1.54, 1.807) is 12.1 Å². The van der Waals surface area contributed by atoms with Crippen LogP contribution in [0.1, 0.15) is 12.8 Å². The number of rotatable bonds is 5. The SMILES string of the molecule is COc1ccc(S(=O)(=O)N2CCN(CC3CC3)C3CS(=O)(=O)CC32)cc1. The number of sulfonamides is 1. The van der Waals surface area contributed by atoms with Gasteiger partial charge in [-0.1, -0.05) is 0 Å². The Morgan fingerprint density at radius 2 is 1.73 bits per heavy atom. The molecule has 1 saturated carbocycles. The van der Waals surface area contributed by atoms with Crippen molar-refractivity contribution in [3.05, 3.63) is 24.3 Å². The highest BCUT2D eigenvalue weighted by molar-refractivity contribution is 7.92. The molecule has 0 amide bonds. The highest BCUT2D eigenvalue weighted by atomic mass is 32.2. The molecule has 3 aliphatic rings. The van der Waals surface area contributed by atoms with Gasteiger partial charge in [0, 0.05) is 25.7 Å². The number of benzene rings is 1. The van der Waals surface area contributed by atoms with Gasteiger partial charge in [-0.05, 0) is 43.0 Å². The first-order valence-electron chi connectivity index (χ1n) is 8.90. The molecule has 144 valence electrons. The highest BCUT2D eigenvalue weighted by Gasteiger charge is 2.50. The van der Waals surface area contributed by atoms with Gasteiger partial charge in [0.1, 0.15) is 5.75 Å². The Balaban J connectivity index is 1.63. The Bertz CT molecular complexity index is 878. The van der Waals surface area contributed by atoms with Crippen LogP contribution in [0.15, 0.2) is 29.2 Å². The van der Waals surface area contributed by atoms with Gasteiger partial charge in [0.15, 0.2) is 9.84 Å². The lowest BCUT2D eigenvalue weighted by Gasteiger charge is -2.43. The highest BCUT2D eigenvalue weighted by Crippen LogP contribution is 2.36. The normalized spacial score (nSPS) is 29.4. The van der Waals surface area contributed by atoms with Crippen molar-refractivity contribution in [2.75, 3.05) is 38.2 Å². The molecule has 2 unspecified atom stereocenters. The summed E-state index contributed by atoms with van der Waals surface area (Å²) in [5, 5.41) is 0. The van der Waals surface area contributed by atoms with E-state index in [-0.39, 0.29) is 22.4 Å². The molecule has 0 N–H and O–H groups in total. The van der Waals surface area contributed by atoms with Crippen molar-refractivity contribution in [3.8, 4) is 5.75 Å². The van der Waals surface area contributed by atoms with Gasteiger partial charge < -0.3 is 4.74 Å². The molecule has 4 rings (SSSR count). The number of hydrogen-bond donors (Lipinski definition) is 0. The van der Waals surface area contributed by atoms with E-state index in [0.717, 1.165) is 6.54 Å². The summed E-state index contributed by atoms with van der Waals surface area (Å²) in [6.45, 7) is 1.80. The second-order valence-electron chi connectivity index (χ2n) is 7.44. The topological polar surface area (TPSA) is 84.0 Å². The number of nitrogens with zero attached hydrogens (tertiary/aromatic N) is 2. The minimum atomic E-state index is -3.74. The van der Waals surface area contributed by atoms with Crippen LogP contribution in [-0.2, 0) is 19.9 Å². The number of hydrogen-bond acceptors (Lipinski definition) is 6. The molecule has 0 spiro atoms. The Morgan fingerprint density at radius 3 is 2.35 bits per heavy atom. The Morgan fingerprint density at radius 1 is 1.08 bits per heavy atom. The molecule has 2 heterocycles. The average molecular weight is 401 g/mol. The fraction of sp³-hybridized carbons (Fsp3) is 0.647. The summed E-state index contributed by atoms with van der Waals surface area (Å²) in [6, 6.07) is 5.52. The summed E-state index contributed by atoms with van der Waals surface area (Å²) in [4.78, 5) is 2.38. The minimum Gasteiger partial charge on any atom is -0.497 e. The third-order valence-electron chi connectivity index (χ3n) is 5.60. The lowest BCUT2D eigenvalue weighted by Crippen LogP contribution is -2.60. The Labute approximate surface area is 154 Å². The van der Waals surface area contributed by atoms with Crippen molar-refractivity contribution >= 4 is 19.9 Å². The Hall–Kier alpha value is -1.16. The maximum Gasteiger partial charge on any atom is 0.243 e. The molecule has 1 aliphatic carbocycles. The van der Waals surface area contributed by atoms with Gasteiger partial charge in [0.25, 0.3) is 0 Å². The molecular formula is C17H24N2O5S2. The monoisotopic (exact) mass is 400 g/mol. The largest absolute Gasteiger partial charge is 0.497 e. The number of fused-ring (bicyclic) bond motifs is 1. The second kappa shape index (κ2) is 6.47. The zero-order chi connectivity index (χ0) is 18.5. The lowest BCUT2D eigenvalue weighted by molar-refractivity contribution is 0.0912. The van der Waals surface area contributed by atoms with E-state index in [0.29, 0.717) is 24.8 Å². The van der Waals surface area contributed by atoms with E-state index >= 15 is 0 Å². The van der Waals surface area contributed by atoms with Gasteiger partial charge >= 0.3 is 0 Å². The second-order valence-corrected chi connectivity index (χ2v) is 11.5. The van der Waals surface area contributed by atoms with Crippen molar-refractivity contribution in [1.29, 1.82) is 0 Å². The van der Waals surface area contributed by atoms with Crippen LogP contribution in [0.2, 0.25) is 0 Å². The first kappa shape index (κ1) is 18.2. The van der Waals surface area contributed by atoms with Crippen LogP contribution >= 0.6 is 0 Å². The third-order valence-corrected chi connectivity index (χ3v) is 9.23. The van der Waals surface area contributed by atoms with E-state index in [4.69, 9.17) is 4.74 Å². The molecular weight excluding hydrogens is 376 g/mol. The molecule has 2 saturated heterocycles. The molecule has 1 aromatic carbocycles. The van der Waals surface area contributed by atoms with Gasteiger partial charge in [-0.15, -0.1) is 0 Å². The van der Waals surface area contributed by atoms with Gasteiger partial charge in [-0.3, -0.25) is 4.90 Å². The zero-order valence-electron chi connectivity index (χ0n) is 14.7. The lowest BCUT2D eigenvalue weighted by atomic mass is 10.1. The van der Waals surface area contributed by atoms with Crippen molar-refractivity contribution in [2.45, 2.75) is 29.8 Å². The molecule has 1 aromatic rings. The van der Waals surface area contributed by atoms with Gasteiger partial charge in [0.05, 0.1) is 29.6 Å². The summed E-state index contributed by atoms with van der Waals surface area (Å²) in [6.07, 6.45) is 2.38. The van der Waals surface area contributed by atoms with Crippen LogP contribution in [-0.4, -0.2) is 76.4 Å². The maximum atomic E-state index is 13.2. The predicted octanol–water partition coefficient (Wildman–Crippen LogP) is 0.577. The van der Waals surface area contributed by atoms with E-state index < -0.39 is 25.9 Å². The van der Waals surface area contributed by atoms with E-state index in [1.807, 2.05) is 0 Å². The molecule has 2 aliphatic heterocycles. The van der Waals surface area contributed by atoms with E-state index in [2.05, 4.69) is 4.90 Å². The maximum absolute atomic E-state index is 13.2. The first-order chi connectivity index (χ1) is 12.3. The van der Waals surface area contributed by atoms with Gasteiger partial charge in [0.2, 0.25) is 10.0 Å². The fourth-order valence-corrected chi connectivity index (χ4v) is 7.78. The summed E-state index contributed by atoms with van der Waals surface area (Å²) >= 11 is 0. The van der Waals surface area contributed by atoms with Crippen molar-refractivity contribution < 1.29 is 21.6 Å². The summed E-state index contributed by atoms with van der Waals surface area (Å²) < 4.78 is 57.3. The predicted molar refractivity (Wildman–Crippen MR) is 97.4 cm³/mol. The van der Waals surface area contributed by atoms with E-state index in [9.17, 15) is 16.8 Å². The molecule has 0 aromatic heterocycles. The van der Waals surface area contributed by atoms with Crippen LogP contribution in [0.4, 0.5) is 0 Å². The molecule has 26 heavy (non-hydrogen) atoms. The molecule has 3 fully saturated rings. The minimum absolute atomic E-state index is 0.0546. The fourth-order valence-electron chi connectivity index (χ4n) is 4.03. The van der Waals surface area contributed by atoms with Crippen molar-refractivity contribution in [1.82, 2.24) is 9.21 Å². The molecule has 9 heteroatoms. The zero-order valence-corrected chi connectivity index (χ0v) is 16.4. The molecule has 0 radical (unpaired) electrons. The van der Waals surface area contributed by atoms with Crippen LogP contribution in [0, 0.1) is 5.92 Å². The third kappa shape index (κ3) is 3.37. The average Bonchev–Trinajstić information content (AvgIpc) is 3.35. The molecule has 2 atom stereocenters. The number of methoxy groups -OCH3 is 1.